The minimum absolute atomic E-state index is 0.00728. The van der Waals surface area contributed by atoms with Gasteiger partial charge in [-0.15, -0.1) is 0 Å². The highest BCUT2D eigenvalue weighted by Crippen LogP contribution is 2.30. The number of amides is 2. The highest BCUT2D eigenvalue weighted by atomic mass is 16.5. The van der Waals surface area contributed by atoms with Crippen LogP contribution in [0.5, 0.6) is 11.5 Å². The molecule has 0 aliphatic carbocycles. The SMILES string of the molecule is COCCCOc1cc(C(=O)N(C(C)C)[C@@H]2CCC(CCN(C(=O)Cc3ccccc3)C(C)C)NC2)ccc1OC. The number of hydrogen-bond donors (Lipinski definition) is 1. The molecule has 2 atom stereocenters. The normalized spacial score (nSPS) is 17.0. The molecule has 226 valence electrons. The molecule has 0 bridgehead atoms. The van der Waals surface area contributed by atoms with Crippen LogP contribution in [0.2, 0.25) is 0 Å². The van der Waals surface area contributed by atoms with Crippen LogP contribution in [0.15, 0.2) is 48.5 Å². The molecule has 1 N–H and O–H groups in total. The largest absolute Gasteiger partial charge is 0.493 e. The van der Waals surface area contributed by atoms with E-state index in [4.69, 9.17) is 14.2 Å². The molecule has 2 aromatic carbocycles. The van der Waals surface area contributed by atoms with Crippen LogP contribution in [0.4, 0.5) is 0 Å². The summed E-state index contributed by atoms with van der Waals surface area (Å²) < 4.78 is 16.5. The summed E-state index contributed by atoms with van der Waals surface area (Å²) in [5.41, 5.74) is 1.63. The number of carbonyl (C=O) groups excluding carboxylic acids is 2. The summed E-state index contributed by atoms with van der Waals surface area (Å²) in [7, 11) is 3.26. The number of carbonyl (C=O) groups is 2. The van der Waals surface area contributed by atoms with E-state index in [2.05, 4.69) is 33.0 Å². The van der Waals surface area contributed by atoms with Gasteiger partial charge in [0.2, 0.25) is 5.91 Å². The van der Waals surface area contributed by atoms with Gasteiger partial charge in [0.1, 0.15) is 0 Å². The smallest absolute Gasteiger partial charge is 0.254 e. The number of ether oxygens (including phenoxy) is 3. The van der Waals surface area contributed by atoms with Gasteiger partial charge in [0.25, 0.3) is 5.91 Å². The van der Waals surface area contributed by atoms with Crippen LogP contribution in [-0.4, -0.2) is 86.3 Å². The lowest BCUT2D eigenvalue weighted by molar-refractivity contribution is -0.132. The van der Waals surface area contributed by atoms with Crippen LogP contribution in [0.1, 0.15) is 69.3 Å². The Morgan fingerprint density at radius 3 is 2.32 bits per heavy atom. The average Bonchev–Trinajstić information content (AvgIpc) is 2.96. The lowest BCUT2D eigenvalue weighted by Crippen LogP contribution is -2.54. The first-order chi connectivity index (χ1) is 19.7. The molecular weight excluding hydrogens is 518 g/mol. The number of nitrogens with zero attached hydrogens (tertiary/aromatic N) is 2. The summed E-state index contributed by atoms with van der Waals surface area (Å²) >= 11 is 0. The summed E-state index contributed by atoms with van der Waals surface area (Å²) in [6.07, 6.45) is 3.94. The van der Waals surface area contributed by atoms with Gasteiger partial charge in [0.15, 0.2) is 11.5 Å². The third-order valence-electron chi connectivity index (χ3n) is 7.70. The van der Waals surface area contributed by atoms with Gasteiger partial charge in [-0.05, 0) is 70.7 Å². The first-order valence-corrected chi connectivity index (χ1v) is 14.9. The number of rotatable bonds is 15. The topological polar surface area (TPSA) is 80.3 Å². The highest BCUT2D eigenvalue weighted by molar-refractivity contribution is 5.95. The molecule has 8 heteroatoms. The zero-order valence-electron chi connectivity index (χ0n) is 25.7. The molecule has 3 rings (SSSR count). The lowest BCUT2D eigenvalue weighted by atomic mass is 9.95. The lowest BCUT2D eigenvalue weighted by Gasteiger charge is -2.40. The van der Waals surface area contributed by atoms with Gasteiger partial charge in [-0.2, -0.15) is 0 Å². The quantitative estimate of drug-likeness (QED) is 0.307. The second-order valence-electron chi connectivity index (χ2n) is 11.3. The molecule has 0 aromatic heterocycles. The molecule has 41 heavy (non-hydrogen) atoms. The molecule has 1 aliphatic heterocycles. The Hall–Kier alpha value is -3.10. The average molecular weight is 568 g/mol. The number of hydrogen-bond acceptors (Lipinski definition) is 6. The van der Waals surface area contributed by atoms with Gasteiger partial charge in [0, 0.05) is 63.0 Å². The van der Waals surface area contributed by atoms with Gasteiger partial charge in [0.05, 0.1) is 20.1 Å². The number of piperidine rings is 1. The summed E-state index contributed by atoms with van der Waals surface area (Å²) in [4.78, 5) is 30.8. The van der Waals surface area contributed by atoms with Crippen LogP contribution in [0, 0.1) is 0 Å². The maximum absolute atomic E-state index is 13.7. The minimum atomic E-state index is -0.00728. The molecular formula is C33H49N3O5. The maximum Gasteiger partial charge on any atom is 0.254 e. The highest BCUT2D eigenvalue weighted by Gasteiger charge is 2.32. The van der Waals surface area contributed by atoms with Crippen LogP contribution >= 0.6 is 0 Å². The van der Waals surface area contributed by atoms with Crippen molar-refractivity contribution in [2.75, 3.05) is 40.5 Å². The van der Waals surface area contributed by atoms with Gasteiger partial charge in [-0.3, -0.25) is 9.59 Å². The molecule has 1 fully saturated rings. The summed E-state index contributed by atoms with van der Waals surface area (Å²) in [5.74, 6) is 1.33. The van der Waals surface area contributed by atoms with Gasteiger partial charge >= 0.3 is 0 Å². The van der Waals surface area contributed by atoms with Crippen LogP contribution in [0.25, 0.3) is 0 Å². The van der Waals surface area contributed by atoms with E-state index in [-0.39, 0.29) is 29.9 Å². The van der Waals surface area contributed by atoms with Crippen molar-refractivity contribution in [2.24, 2.45) is 0 Å². The Balaban J connectivity index is 1.58. The van der Waals surface area contributed by atoms with Crippen LogP contribution in [-0.2, 0) is 16.0 Å². The molecule has 0 saturated carbocycles. The molecule has 2 aromatic rings. The molecule has 1 unspecified atom stereocenters. The molecule has 0 spiro atoms. The van der Waals surface area contributed by atoms with Crippen molar-refractivity contribution >= 4 is 11.8 Å². The van der Waals surface area contributed by atoms with E-state index in [1.165, 1.54) is 0 Å². The fourth-order valence-electron chi connectivity index (χ4n) is 5.50. The Labute approximate surface area is 246 Å². The van der Waals surface area contributed by atoms with Crippen molar-refractivity contribution < 1.29 is 23.8 Å². The molecule has 8 nitrogen and oxygen atoms in total. The third kappa shape index (κ3) is 9.47. The zero-order chi connectivity index (χ0) is 29.8. The standard InChI is InChI=1S/C33H49N3O5/c1-24(2)35(32(37)21-26-11-8-7-9-12-26)18-17-28-14-15-29(23-34-28)36(25(3)4)33(38)27-13-16-30(40-6)31(22-27)41-20-10-19-39-5/h7-9,11-13,16,22,24-25,28-29,34H,10,14-15,17-21,23H2,1-6H3/t28?,29-/m1/s1. The molecule has 0 radical (unpaired) electrons. The summed E-state index contributed by atoms with van der Waals surface area (Å²) in [6.45, 7) is 10.8. The predicted molar refractivity (Wildman–Crippen MR) is 163 cm³/mol. The van der Waals surface area contributed by atoms with Crippen molar-refractivity contribution in [2.45, 2.75) is 84.0 Å². The van der Waals surface area contributed by atoms with Gasteiger partial charge < -0.3 is 29.3 Å². The fraction of sp³-hybridized carbons (Fsp3) is 0.576. The Kier molecular flexibility index (Phi) is 12.9. The molecule has 2 amide bonds. The van der Waals surface area contributed by atoms with E-state index in [1.54, 1.807) is 26.4 Å². The van der Waals surface area contributed by atoms with Gasteiger partial charge in [-0.1, -0.05) is 30.3 Å². The number of methoxy groups -OCH3 is 2. The van der Waals surface area contributed by atoms with Crippen LogP contribution in [0.3, 0.4) is 0 Å². The first-order valence-electron chi connectivity index (χ1n) is 14.9. The molecule has 1 saturated heterocycles. The van der Waals surface area contributed by atoms with Crippen molar-refractivity contribution in [3.8, 4) is 11.5 Å². The number of nitrogens with one attached hydrogen (secondary N) is 1. The molecule has 1 aliphatic rings. The van der Waals surface area contributed by atoms with Crippen molar-refractivity contribution in [1.82, 2.24) is 15.1 Å². The first kappa shape index (κ1) is 32.4. The van der Waals surface area contributed by atoms with E-state index >= 15 is 0 Å². The third-order valence-corrected chi connectivity index (χ3v) is 7.70. The second kappa shape index (κ2) is 16.4. The maximum atomic E-state index is 13.7. The second-order valence-corrected chi connectivity index (χ2v) is 11.3. The number of benzene rings is 2. The van der Waals surface area contributed by atoms with E-state index in [1.807, 2.05) is 46.2 Å². The predicted octanol–water partition coefficient (Wildman–Crippen LogP) is 4.95. The van der Waals surface area contributed by atoms with Crippen LogP contribution < -0.4 is 14.8 Å². The molecule has 1 heterocycles. The van der Waals surface area contributed by atoms with E-state index in [9.17, 15) is 9.59 Å². The van der Waals surface area contributed by atoms with Crippen molar-refractivity contribution in [3.05, 3.63) is 59.7 Å². The van der Waals surface area contributed by atoms with E-state index in [0.717, 1.165) is 44.3 Å². The fourth-order valence-corrected chi connectivity index (χ4v) is 5.50. The van der Waals surface area contributed by atoms with Gasteiger partial charge in [-0.25, -0.2) is 0 Å². The summed E-state index contributed by atoms with van der Waals surface area (Å²) in [6, 6.07) is 15.9. The zero-order valence-corrected chi connectivity index (χ0v) is 25.7. The monoisotopic (exact) mass is 567 g/mol. The Morgan fingerprint density at radius 2 is 1.71 bits per heavy atom. The van der Waals surface area contributed by atoms with Crippen molar-refractivity contribution in [1.29, 1.82) is 0 Å². The Bertz CT molecular complexity index is 1080. The summed E-state index contributed by atoms with van der Waals surface area (Å²) in [5, 5.41) is 3.67. The Morgan fingerprint density at radius 1 is 0.951 bits per heavy atom. The van der Waals surface area contributed by atoms with E-state index < -0.39 is 0 Å². The van der Waals surface area contributed by atoms with E-state index in [0.29, 0.717) is 42.7 Å². The minimum Gasteiger partial charge on any atom is -0.493 e. The van der Waals surface area contributed by atoms with Crippen molar-refractivity contribution in [3.63, 3.8) is 0 Å².